The Bertz CT molecular complexity index is 369. The number of aromatic nitrogens is 1. The smallest absolute Gasteiger partial charge is 0.0897 e. The number of nitrogens with zero attached hydrogens (tertiary/aromatic N) is 1. The summed E-state index contributed by atoms with van der Waals surface area (Å²) in [6.07, 6.45) is 0.443. The molecule has 0 bridgehead atoms. The van der Waals surface area contributed by atoms with E-state index < -0.39 is 6.10 Å². The fourth-order valence-electron chi connectivity index (χ4n) is 1.72. The van der Waals surface area contributed by atoms with E-state index >= 15 is 0 Å². The molecule has 5 heteroatoms. The molecule has 0 aliphatic heterocycles. The summed E-state index contributed by atoms with van der Waals surface area (Å²) >= 11 is 1.66. The predicted octanol–water partition coefficient (Wildman–Crippen LogP) is 2.25. The lowest BCUT2D eigenvalue weighted by molar-refractivity contribution is 0.0379. The van der Waals surface area contributed by atoms with Gasteiger partial charge >= 0.3 is 0 Å². The van der Waals surface area contributed by atoms with Crippen LogP contribution in [0.25, 0.3) is 0 Å². The van der Waals surface area contributed by atoms with Crippen LogP contribution in [0.15, 0.2) is 5.51 Å². The van der Waals surface area contributed by atoms with Gasteiger partial charge in [0.05, 0.1) is 30.5 Å². The van der Waals surface area contributed by atoms with Crippen LogP contribution in [0.3, 0.4) is 0 Å². The maximum absolute atomic E-state index is 9.82. The molecule has 0 aromatic carbocycles. The molecule has 2 unspecified atom stereocenters. The molecule has 0 saturated heterocycles. The predicted molar refractivity (Wildman–Crippen MR) is 84.3 cm³/mol. The first-order valence-electron chi connectivity index (χ1n) is 7.36. The maximum atomic E-state index is 9.82. The first-order valence-corrected chi connectivity index (χ1v) is 8.24. The van der Waals surface area contributed by atoms with Gasteiger partial charge in [0.2, 0.25) is 0 Å². The lowest BCUT2D eigenvalue weighted by Crippen LogP contribution is -2.34. The van der Waals surface area contributed by atoms with E-state index in [0.717, 1.165) is 18.7 Å². The van der Waals surface area contributed by atoms with E-state index in [2.05, 4.69) is 31.1 Å². The number of ether oxygens (including phenoxy) is 1. The molecule has 0 spiro atoms. The molecule has 0 saturated carbocycles. The second-order valence-electron chi connectivity index (χ2n) is 5.72. The minimum Gasteiger partial charge on any atom is -0.389 e. The number of rotatable bonds is 10. The monoisotopic (exact) mass is 300 g/mol. The van der Waals surface area contributed by atoms with E-state index in [0.29, 0.717) is 31.6 Å². The minimum atomic E-state index is -0.433. The third-order valence-electron chi connectivity index (χ3n) is 3.61. The van der Waals surface area contributed by atoms with Gasteiger partial charge in [0, 0.05) is 17.8 Å². The number of aliphatic hydroxyl groups is 1. The lowest BCUT2D eigenvalue weighted by Gasteiger charge is -2.18. The average Bonchev–Trinajstić information content (AvgIpc) is 2.80. The van der Waals surface area contributed by atoms with Gasteiger partial charge in [-0.3, -0.25) is 0 Å². The maximum Gasteiger partial charge on any atom is 0.0897 e. The summed E-state index contributed by atoms with van der Waals surface area (Å²) in [7, 11) is 0. The van der Waals surface area contributed by atoms with E-state index in [1.807, 2.05) is 12.4 Å². The molecule has 1 rings (SSSR count). The van der Waals surface area contributed by atoms with Crippen LogP contribution in [-0.4, -0.2) is 42.5 Å². The van der Waals surface area contributed by atoms with Gasteiger partial charge in [-0.2, -0.15) is 0 Å². The average molecular weight is 300 g/mol. The molecule has 20 heavy (non-hydrogen) atoms. The zero-order valence-corrected chi connectivity index (χ0v) is 13.9. The van der Waals surface area contributed by atoms with Crippen molar-refractivity contribution in [1.29, 1.82) is 0 Å². The number of hydrogen-bond donors (Lipinski definition) is 2. The van der Waals surface area contributed by atoms with Crippen molar-refractivity contribution in [1.82, 2.24) is 10.3 Å². The van der Waals surface area contributed by atoms with Gasteiger partial charge in [-0.05, 0) is 25.3 Å². The standard InChI is InChI=1S/C15H28N2O2S/c1-11(2)12(3)7-16-8-14(18)9-19-6-5-15-13(4)17-10-20-15/h10-12,14,16,18H,5-9H2,1-4H3. The third kappa shape index (κ3) is 6.79. The number of hydrogen-bond acceptors (Lipinski definition) is 5. The summed E-state index contributed by atoms with van der Waals surface area (Å²) in [5.41, 5.74) is 2.95. The number of thiazole rings is 1. The first-order chi connectivity index (χ1) is 9.50. The zero-order valence-electron chi connectivity index (χ0n) is 13.1. The molecule has 1 aromatic rings. The molecule has 0 aliphatic rings. The molecule has 0 radical (unpaired) electrons. The summed E-state index contributed by atoms with van der Waals surface area (Å²) in [5.74, 6) is 1.29. The fourth-order valence-corrected chi connectivity index (χ4v) is 2.49. The van der Waals surface area contributed by atoms with Crippen LogP contribution in [-0.2, 0) is 11.2 Å². The summed E-state index contributed by atoms with van der Waals surface area (Å²) in [5, 5.41) is 13.1. The van der Waals surface area contributed by atoms with Crippen molar-refractivity contribution in [2.75, 3.05) is 26.3 Å². The highest BCUT2D eigenvalue weighted by atomic mass is 32.1. The molecule has 116 valence electrons. The highest BCUT2D eigenvalue weighted by Gasteiger charge is 2.09. The molecule has 4 nitrogen and oxygen atoms in total. The summed E-state index contributed by atoms with van der Waals surface area (Å²) in [6, 6.07) is 0. The van der Waals surface area contributed by atoms with E-state index in [9.17, 15) is 5.11 Å². The fraction of sp³-hybridized carbons (Fsp3) is 0.800. The Morgan fingerprint density at radius 3 is 2.70 bits per heavy atom. The van der Waals surface area contributed by atoms with Gasteiger partial charge in [0.15, 0.2) is 0 Å². The molecule has 2 N–H and O–H groups in total. The Hall–Kier alpha value is -0.490. The third-order valence-corrected chi connectivity index (χ3v) is 4.61. The van der Waals surface area contributed by atoms with Crippen LogP contribution >= 0.6 is 11.3 Å². The van der Waals surface area contributed by atoms with Gasteiger partial charge in [-0.1, -0.05) is 20.8 Å². The topological polar surface area (TPSA) is 54.4 Å². The molecule has 1 aromatic heterocycles. The normalized spacial score (nSPS) is 14.7. The Kier molecular flexibility index (Phi) is 8.30. The molecule has 0 aliphatic carbocycles. The van der Waals surface area contributed by atoms with Crippen molar-refractivity contribution in [3.8, 4) is 0 Å². The summed E-state index contributed by atoms with van der Waals surface area (Å²) in [6.45, 7) is 11.2. The number of aliphatic hydroxyl groups excluding tert-OH is 1. The second-order valence-corrected chi connectivity index (χ2v) is 6.66. The molecule has 2 atom stereocenters. The van der Waals surface area contributed by atoms with E-state index in [-0.39, 0.29) is 0 Å². The Morgan fingerprint density at radius 2 is 2.10 bits per heavy atom. The Morgan fingerprint density at radius 1 is 1.35 bits per heavy atom. The van der Waals surface area contributed by atoms with Gasteiger partial charge < -0.3 is 15.2 Å². The highest BCUT2D eigenvalue weighted by Crippen LogP contribution is 2.12. The summed E-state index contributed by atoms with van der Waals surface area (Å²) < 4.78 is 5.52. The SMILES string of the molecule is Cc1ncsc1CCOCC(O)CNCC(C)C(C)C. The molecule has 0 amide bonds. The van der Waals surface area contributed by atoms with Crippen LogP contribution in [0, 0.1) is 18.8 Å². The van der Waals surface area contributed by atoms with Crippen molar-refractivity contribution in [3.05, 3.63) is 16.1 Å². The Labute approximate surface area is 126 Å². The van der Waals surface area contributed by atoms with Crippen molar-refractivity contribution in [2.24, 2.45) is 11.8 Å². The number of aryl methyl sites for hydroxylation is 1. The van der Waals surface area contributed by atoms with Crippen molar-refractivity contribution in [2.45, 2.75) is 40.2 Å². The molecular formula is C15H28N2O2S. The van der Waals surface area contributed by atoms with E-state index in [1.165, 1.54) is 4.88 Å². The molecule has 1 heterocycles. The van der Waals surface area contributed by atoms with Gasteiger partial charge in [0.1, 0.15) is 0 Å². The lowest BCUT2D eigenvalue weighted by atomic mass is 9.98. The van der Waals surface area contributed by atoms with Crippen LogP contribution in [0.4, 0.5) is 0 Å². The van der Waals surface area contributed by atoms with Crippen molar-refractivity contribution >= 4 is 11.3 Å². The minimum absolute atomic E-state index is 0.390. The molecular weight excluding hydrogens is 272 g/mol. The van der Waals surface area contributed by atoms with Crippen molar-refractivity contribution < 1.29 is 9.84 Å². The van der Waals surface area contributed by atoms with Crippen LogP contribution < -0.4 is 5.32 Å². The van der Waals surface area contributed by atoms with Gasteiger partial charge in [-0.15, -0.1) is 11.3 Å². The van der Waals surface area contributed by atoms with Gasteiger partial charge in [0.25, 0.3) is 0 Å². The quantitative estimate of drug-likeness (QED) is 0.651. The van der Waals surface area contributed by atoms with Crippen LogP contribution in [0.5, 0.6) is 0 Å². The summed E-state index contributed by atoms with van der Waals surface area (Å²) in [4.78, 5) is 5.47. The Balaban J connectivity index is 2.03. The van der Waals surface area contributed by atoms with Crippen LogP contribution in [0.1, 0.15) is 31.3 Å². The number of nitrogens with one attached hydrogen (secondary N) is 1. The van der Waals surface area contributed by atoms with Crippen molar-refractivity contribution in [3.63, 3.8) is 0 Å². The largest absolute Gasteiger partial charge is 0.389 e. The zero-order chi connectivity index (χ0) is 15.0. The van der Waals surface area contributed by atoms with E-state index in [4.69, 9.17) is 4.74 Å². The molecule has 0 fully saturated rings. The first kappa shape index (κ1) is 17.6. The highest BCUT2D eigenvalue weighted by molar-refractivity contribution is 7.09. The van der Waals surface area contributed by atoms with E-state index in [1.54, 1.807) is 11.3 Å². The van der Waals surface area contributed by atoms with Gasteiger partial charge in [-0.25, -0.2) is 4.98 Å². The second kappa shape index (κ2) is 9.45. The van der Waals surface area contributed by atoms with Crippen LogP contribution in [0.2, 0.25) is 0 Å².